The topological polar surface area (TPSA) is 81.4 Å². The molecule has 0 bridgehead atoms. The predicted octanol–water partition coefficient (Wildman–Crippen LogP) is 2.36. The zero-order valence-corrected chi connectivity index (χ0v) is 11.7. The monoisotopic (exact) mass is 314 g/mol. The molecule has 0 saturated carbocycles. The molecule has 3 N–H and O–H groups in total. The first-order valence-electron chi connectivity index (χ1n) is 5.75. The number of methoxy groups -OCH3 is 1. The summed E-state index contributed by atoms with van der Waals surface area (Å²) in [6.45, 7) is 0. The third kappa shape index (κ3) is 3.05. The number of halogens is 2. The van der Waals surface area contributed by atoms with Crippen LogP contribution in [-0.2, 0) is 10.0 Å². The Bertz CT molecular complexity index is 759. The summed E-state index contributed by atoms with van der Waals surface area (Å²) in [6.07, 6.45) is 0. The smallest absolute Gasteiger partial charge is 0.266 e. The Morgan fingerprint density at radius 2 is 1.86 bits per heavy atom. The summed E-state index contributed by atoms with van der Waals surface area (Å²) < 4.78 is 58.5. The van der Waals surface area contributed by atoms with Crippen LogP contribution >= 0.6 is 0 Å². The minimum absolute atomic E-state index is 0.246. The van der Waals surface area contributed by atoms with E-state index in [0.717, 1.165) is 18.2 Å². The van der Waals surface area contributed by atoms with Gasteiger partial charge in [0, 0.05) is 6.07 Å². The quantitative estimate of drug-likeness (QED) is 0.849. The van der Waals surface area contributed by atoms with Crippen LogP contribution in [0.3, 0.4) is 0 Å². The van der Waals surface area contributed by atoms with Crippen LogP contribution in [0.15, 0.2) is 41.3 Å². The SMILES string of the molecule is COc1ccc(F)c(NS(=O)(=O)c2c(N)cccc2F)c1. The number of nitrogens with one attached hydrogen (secondary N) is 1. The van der Waals surface area contributed by atoms with E-state index in [1.807, 2.05) is 4.72 Å². The first-order valence-corrected chi connectivity index (χ1v) is 7.24. The summed E-state index contributed by atoms with van der Waals surface area (Å²) in [6, 6.07) is 6.96. The number of nitrogens with two attached hydrogens (primary N) is 1. The van der Waals surface area contributed by atoms with Crippen molar-refractivity contribution in [3.63, 3.8) is 0 Å². The Morgan fingerprint density at radius 3 is 2.48 bits per heavy atom. The van der Waals surface area contributed by atoms with E-state index in [-0.39, 0.29) is 17.1 Å². The zero-order chi connectivity index (χ0) is 15.6. The molecule has 0 unspecified atom stereocenters. The van der Waals surface area contributed by atoms with Crippen LogP contribution in [0.5, 0.6) is 5.75 Å². The van der Waals surface area contributed by atoms with Crippen molar-refractivity contribution in [1.82, 2.24) is 0 Å². The lowest BCUT2D eigenvalue weighted by atomic mass is 10.3. The second-order valence-electron chi connectivity index (χ2n) is 4.11. The molecule has 2 aromatic carbocycles. The first-order chi connectivity index (χ1) is 9.85. The number of sulfonamides is 1. The van der Waals surface area contributed by atoms with Crippen molar-refractivity contribution in [2.24, 2.45) is 0 Å². The Labute approximate surface area is 120 Å². The van der Waals surface area contributed by atoms with Gasteiger partial charge in [-0.15, -0.1) is 0 Å². The molecule has 0 aromatic heterocycles. The lowest BCUT2D eigenvalue weighted by Gasteiger charge is -2.12. The molecule has 2 rings (SSSR count). The van der Waals surface area contributed by atoms with Crippen LogP contribution < -0.4 is 15.2 Å². The number of hydrogen-bond acceptors (Lipinski definition) is 4. The lowest BCUT2D eigenvalue weighted by Crippen LogP contribution is -2.17. The minimum atomic E-state index is -4.37. The van der Waals surface area contributed by atoms with Crippen molar-refractivity contribution < 1.29 is 21.9 Å². The van der Waals surface area contributed by atoms with Crippen molar-refractivity contribution in [3.8, 4) is 5.75 Å². The van der Waals surface area contributed by atoms with Gasteiger partial charge in [-0.2, -0.15) is 0 Å². The number of nitrogen functional groups attached to an aromatic ring is 1. The average Bonchev–Trinajstić information content (AvgIpc) is 2.40. The molecule has 0 radical (unpaired) electrons. The molecule has 2 aromatic rings. The third-order valence-corrected chi connectivity index (χ3v) is 4.14. The van der Waals surface area contributed by atoms with Gasteiger partial charge in [-0.05, 0) is 24.3 Å². The summed E-state index contributed by atoms with van der Waals surface area (Å²) >= 11 is 0. The van der Waals surface area contributed by atoms with E-state index >= 15 is 0 Å². The maximum atomic E-state index is 13.7. The number of ether oxygens (including phenoxy) is 1. The van der Waals surface area contributed by atoms with Crippen molar-refractivity contribution in [2.75, 3.05) is 17.6 Å². The van der Waals surface area contributed by atoms with E-state index in [4.69, 9.17) is 10.5 Å². The third-order valence-electron chi connectivity index (χ3n) is 2.68. The molecule has 112 valence electrons. The standard InChI is InChI=1S/C13H12F2N2O3S/c1-20-8-5-6-9(14)12(7-8)17-21(18,19)13-10(15)3-2-4-11(13)16/h2-7,17H,16H2,1H3. The summed E-state index contributed by atoms with van der Waals surface area (Å²) in [5, 5.41) is 0. The molecule has 0 spiro atoms. The van der Waals surface area contributed by atoms with E-state index in [9.17, 15) is 17.2 Å². The Morgan fingerprint density at radius 1 is 1.14 bits per heavy atom. The maximum Gasteiger partial charge on any atom is 0.266 e. The highest BCUT2D eigenvalue weighted by molar-refractivity contribution is 7.92. The molecule has 5 nitrogen and oxygen atoms in total. The normalized spacial score (nSPS) is 11.2. The number of rotatable bonds is 4. The zero-order valence-electron chi connectivity index (χ0n) is 10.9. The number of hydrogen-bond donors (Lipinski definition) is 2. The van der Waals surface area contributed by atoms with Gasteiger partial charge < -0.3 is 10.5 Å². The average molecular weight is 314 g/mol. The van der Waals surface area contributed by atoms with Crippen molar-refractivity contribution in [2.45, 2.75) is 4.90 Å². The largest absolute Gasteiger partial charge is 0.497 e. The molecule has 0 aliphatic heterocycles. The highest BCUT2D eigenvalue weighted by Crippen LogP contribution is 2.27. The predicted molar refractivity (Wildman–Crippen MR) is 74.6 cm³/mol. The Balaban J connectivity index is 2.47. The molecule has 0 amide bonds. The van der Waals surface area contributed by atoms with Crippen LogP contribution in [-0.4, -0.2) is 15.5 Å². The molecule has 0 aliphatic rings. The van der Waals surface area contributed by atoms with E-state index in [2.05, 4.69) is 0 Å². The minimum Gasteiger partial charge on any atom is -0.497 e. The molecule has 0 fully saturated rings. The van der Waals surface area contributed by atoms with Crippen LogP contribution in [0, 0.1) is 11.6 Å². The summed E-state index contributed by atoms with van der Waals surface area (Å²) in [7, 11) is -3.02. The molecular formula is C13H12F2N2O3S. The van der Waals surface area contributed by atoms with Crippen LogP contribution in [0.1, 0.15) is 0 Å². The van der Waals surface area contributed by atoms with Gasteiger partial charge in [0.05, 0.1) is 18.5 Å². The van der Waals surface area contributed by atoms with Crippen molar-refractivity contribution in [3.05, 3.63) is 48.0 Å². The molecule has 8 heteroatoms. The highest BCUT2D eigenvalue weighted by atomic mass is 32.2. The van der Waals surface area contributed by atoms with Gasteiger partial charge in [-0.3, -0.25) is 4.72 Å². The summed E-state index contributed by atoms with van der Waals surface area (Å²) in [4.78, 5) is -0.729. The fraction of sp³-hybridized carbons (Fsp3) is 0.0769. The van der Waals surface area contributed by atoms with E-state index in [0.29, 0.717) is 0 Å². The molecule has 0 saturated heterocycles. The first kappa shape index (κ1) is 15.0. The van der Waals surface area contributed by atoms with Gasteiger partial charge in [0.15, 0.2) is 0 Å². The maximum absolute atomic E-state index is 13.7. The lowest BCUT2D eigenvalue weighted by molar-refractivity contribution is 0.414. The fourth-order valence-electron chi connectivity index (χ4n) is 1.71. The van der Waals surface area contributed by atoms with Crippen LogP contribution in [0.25, 0.3) is 0 Å². The van der Waals surface area contributed by atoms with Crippen molar-refractivity contribution >= 4 is 21.4 Å². The van der Waals surface area contributed by atoms with Gasteiger partial charge >= 0.3 is 0 Å². The van der Waals surface area contributed by atoms with Crippen LogP contribution in [0.4, 0.5) is 20.2 Å². The van der Waals surface area contributed by atoms with Crippen LogP contribution in [0.2, 0.25) is 0 Å². The van der Waals surface area contributed by atoms with Gasteiger partial charge in [-0.25, -0.2) is 17.2 Å². The number of benzene rings is 2. The summed E-state index contributed by atoms with van der Waals surface area (Å²) in [5.74, 6) is -1.60. The van der Waals surface area contributed by atoms with Crippen molar-refractivity contribution in [1.29, 1.82) is 0 Å². The second kappa shape index (κ2) is 5.57. The number of anilines is 2. The molecule has 21 heavy (non-hydrogen) atoms. The Hall–Kier alpha value is -2.35. The van der Waals surface area contributed by atoms with E-state index in [1.165, 1.54) is 25.3 Å². The molecular weight excluding hydrogens is 302 g/mol. The van der Waals surface area contributed by atoms with Gasteiger partial charge in [-0.1, -0.05) is 6.07 Å². The van der Waals surface area contributed by atoms with E-state index < -0.39 is 26.6 Å². The molecule has 0 aliphatic carbocycles. The molecule has 0 heterocycles. The van der Waals surface area contributed by atoms with Gasteiger partial charge in [0.25, 0.3) is 10.0 Å². The van der Waals surface area contributed by atoms with Gasteiger partial charge in [0.2, 0.25) is 0 Å². The van der Waals surface area contributed by atoms with E-state index in [1.54, 1.807) is 0 Å². The highest BCUT2D eigenvalue weighted by Gasteiger charge is 2.23. The van der Waals surface area contributed by atoms with Gasteiger partial charge in [0.1, 0.15) is 22.3 Å². The molecule has 0 atom stereocenters. The fourth-order valence-corrected chi connectivity index (χ4v) is 2.97. The second-order valence-corrected chi connectivity index (χ2v) is 5.73. The Kier molecular flexibility index (Phi) is 3.99. The summed E-state index contributed by atoms with van der Waals surface area (Å²) in [5.41, 5.74) is 4.84.